The molecule has 1 saturated carbocycles. The van der Waals surface area contributed by atoms with Gasteiger partial charge in [0.1, 0.15) is 16.8 Å². The predicted octanol–water partition coefficient (Wildman–Crippen LogP) is 2.48. The van der Waals surface area contributed by atoms with E-state index in [1.807, 2.05) is 13.1 Å². The van der Waals surface area contributed by atoms with E-state index in [4.69, 9.17) is 16.3 Å². The number of halogens is 1. The van der Waals surface area contributed by atoms with Gasteiger partial charge in [0.2, 0.25) is 0 Å². The van der Waals surface area contributed by atoms with Crippen molar-refractivity contribution in [3.05, 3.63) is 17.0 Å². The topological polar surface area (TPSA) is 38.2 Å². The summed E-state index contributed by atoms with van der Waals surface area (Å²) in [6.07, 6.45) is 3.35. The molecule has 1 aromatic rings. The Morgan fingerprint density at radius 3 is 2.88 bits per heavy atom. The van der Waals surface area contributed by atoms with Crippen molar-refractivity contribution >= 4 is 17.4 Å². The number of hydrogen-bond acceptors (Lipinski definition) is 4. The molecule has 1 fully saturated rings. The van der Waals surface area contributed by atoms with Gasteiger partial charge in [0.05, 0.1) is 0 Å². The molecule has 0 unspecified atom stereocenters. The SMILES string of the molecule is COCCCN(C)c1cc(Cl)nc(C2CC2)n1. The highest BCUT2D eigenvalue weighted by Crippen LogP contribution is 2.38. The molecule has 0 atom stereocenters. The van der Waals surface area contributed by atoms with Gasteiger partial charge in [0, 0.05) is 39.3 Å². The summed E-state index contributed by atoms with van der Waals surface area (Å²) in [7, 11) is 3.73. The lowest BCUT2D eigenvalue weighted by atomic mass is 10.3. The standard InChI is InChI=1S/C12H18ClN3O/c1-16(6-3-7-17-2)11-8-10(13)14-12(15-11)9-4-5-9/h8-9H,3-7H2,1-2H3. The third-order valence-corrected chi connectivity index (χ3v) is 3.07. The van der Waals surface area contributed by atoms with Crippen LogP contribution in [0.15, 0.2) is 6.07 Å². The lowest BCUT2D eigenvalue weighted by molar-refractivity contribution is 0.196. The molecule has 1 aliphatic carbocycles. The first kappa shape index (κ1) is 12.6. The van der Waals surface area contributed by atoms with Crippen LogP contribution in [0.1, 0.15) is 31.0 Å². The summed E-state index contributed by atoms with van der Waals surface area (Å²) in [6, 6.07) is 1.82. The van der Waals surface area contributed by atoms with E-state index in [9.17, 15) is 0 Å². The number of hydrogen-bond donors (Lipinski definition) is 0. The van der Waals surface area contributed by atoms with Crippen LogP contribution in [0.4, 0.5) is 5.82 Å². The van der Waals surface area contributed by atoms with Crippen molar-refractivity contribution in [2.45, 2.75) is 25.2 Å². The molecule has 1 heterocycles. The molecule has 0 aromatic carbocycles. The Labute approximate surface area is 107 Å². The number of ether oxygens (including phenoxy) is 1. The molecule has 1 aliphatic rings. The van der Waals surface area contributed by atoms with Crippen LogP contribution >= 0.6 is 11.6 Å². The van der Waals surface area contributed by atoms with Gasteiger partial charge >= 0.3 is 0 Å². The molecule has 0 N–H and O–H groups in total. The van der Waals surface area contributed by atoms with Crippen LogP contribution in [0.3, 0.4) is 0 Å². The zero-order chi connectivity index (χ0) is 12.3. The van der Waals surface area contributed by atoms with Gasteiger partial charge in [-0.3, -0.25) is 0 Å². The summed E-state index contributed by atoms with van der Waals surface area (Å²) >= 11 is 6.02. The minimum absolute atomic E-state index is 0.528. The molecule has 0 bridgehead atoms. The maximum Gasteiger partial charge on any atom is 0.135 e. The van der Waals surface area contributed by atoms with E-state index < -0.39 is 0 Å². The van der Waals surface area contributed by atoms with Crippen LogP contribution in [-0.4, -0.2) is 37.3 Å². The average Bonchev–Trinajstić information content (AvgIpc) is 3.12. The molecule has 2 rings (SSSR count). The van der Waals surface area contributed by atoms with Crippen LogP contribution in [0.5, 0.6) is 0 Å². The van der Waals surface area contributed by atoms with Crippen molar-refractivity contribution in [2.75, 3.05) is 32.2 Å². The predicted molar refractivity (Wildman–Crippen MR) is 68.8 cm³/mol. The zero-order valence-corrected chi connectivity index (χ0v) is 11.1. The van der Waals surface area contributed by atoms with E-state index >= 15 is 0 Å². The highest BCUT2D eigenvalue weighted by atomic mass is 35.5. The fourth-order valence-electron chi connectivity index (χ4n) is 1.70. The normalized spacial score (nSPS) is 15.0. The van der Waals surface area contributed by atoms with Gasteiger partial charge in [0.15, 0.2) is 0 Å². The van der Waals surface area contributed by atoms with Crippen LogP contribution in [0.2, 0.25) is 5.15 Å². The first-order chi connectivity index (χ1) is 8.20. The van der Waals surface area contributed by atoms with Gasteiger partial charge in [-0.2, -0.15) is 0 Å². The largest absolute Gasteiger partial charge is 0.385 e. The van der Waals surface area contributed by atoms with E-state index in [-0.39, 0.29) is 0 Å². The van der Waals surface area contributed by atoms with Gasteiger partial charge in [-0.25, -0.2) is 9.97 Å². The molecule has 94 valence electrons. The molecule has 0 spiro atoms. The molecule has 0 radical (unpaired) electrons. The molecule has 1 aromatic heterocycles. The lowest BCUT2D eigenvalue weighted by Crippen LogP contribution is -2.21. The number of rotatable bonds is 6. The fourth-order valence-corrected chi connectivity index (χ4v) is 1.89. The second-order valence-electron chi connectivity index (χ2n) is 4.45. The van der Waals surface area contributed by atoms with Crippen molar-refractivity contribution < 1.29 is 4.74 Å². The Morgan fingerprint density at radius 2 is 2.24 bits per heavy atom. The first-order valence-electron chi connectivity index (χ1n) is 5.95. The molecular weight excluding hydrogens is 238 g/mol. The quantitative estimate of drug-likeness (QED) is 0.578. The monoisotopic (exact) mass is 255 g/mol. The second-order valence-corrected chi connectivity index (χ2v) is 4.84. The van der Waals surface area contributed by atoms with Crippen molar-refractivity contribution in [1.82, 2.24) is 9.97 Å². The maximum absolute atomic E-state index is 6.02. The highest BCUT2D eigenvalue weighted by Gasteiger charge is 2.27. The van der Waals surface area contributed by atoms with Crippen LogP contribution in [0, 0.1) is 0 Å². The molecule has 0 saturated heterocycles. The summed E-state index contributed by atoms with van der Waals surface area (Å²) in [5.74, 6) is 2.33. The molecular formula is C12H18ClN3O. The number of aromatic nitrogens is 2. The van der Waals surface area contributed by atoms with Gasteiger partial charge in [-0.15, -0.1) is 0 Å². The average molecular weight is 256 g/mol. The molecule has 0 amide bonds. The van der Waals surface area contributed by atoms with E-state index in [1.54, 1.807) is 7.11 Å². The molecule has 0 aliphatic heterocycles. The minimum atomic E-state index is 0.528. The summed E-state index contributed by atoms with van der Waals surface area (Å²) in [6.45, 7) is 1.67. The number of anilines is 1. The zero-order valence-electron chi connectivity index (χ0n) is 10.3. The van der Waals surface area contributed by atoms with Gasteiger partial charge in [-0.1, -0.05) is 11.6 Å². The van der Waals surface area contributed by atoms with Crippen LogP contribution in [0.25, 0.3) is 0 Å². The Bertz CT molecular complexity index is 382. The summed E-state index contributed by atoms with van der Waals surface area (Å²) in [4.78, 5) is 10.9. The Balaban J connectivity index is 2.03. The molecule has 17 heavy (non-hydrogen) atoms. The summed E-state index contributed by atoms with van der Waals surface area (Å²) < 4.78 is 5.04. The molecule has 4 nitrogen and oxygen atoms in total. The van der Waals surface area contributed by atoms with E-state index in [1.165, 1.54) is 12.8 Å². The number of nitrogens with zero attached hydrogens (tertiary/aromatic N) is 3. The van der Waals surface area contributed by atoms with Crippen molar-refractivity contribution in [3.63, 3.8) is 0 Å². The lowest BCUT2D eigenvalue weighted by Gasteiger charge is -2.18. The summed E-state index contributed by atoms with van der Waals surface area (Å²) in [5, 5.41) is 0.537. The second kappa shape index (κ2) is 5.65. The van der Waals surface area contributed by atoms with E-state index in [2.05, 4.69) is 14.9 Å². The van der Waals surface area contributed by atoms with Crippen molar-refractivity contribution in [3.8, 4) is 0 Å². The minimum Gasteiger partial charge on any atom is -0.385 e. The van der Waals surface area contributed by atoms with Crippen LogP contribution < -0.4 is 4.90 Å². The Kier molecular flexibility index (Phi) is 4.18. The van der Waals surface area contributed by atoms with Crippen LogP contribution in [-0.2, 0) is 4.74 Å². The third-order valence-electron chi connectivity index (χ3n) is 2.87. The van der Waals surface area contributed by atoms with E-state index in [0.717, 1.165) is 31.2 Å². The van der Waals surface area contributed by atoms with Crippen molar-refractivity contribution in [1.29, 1.82) is 0 Å². The Morgan fingerprint density at radius 1 is 1.47 bits per heavy atom. The van der Waals surface area contributed by atoms with Gasteiger partial charge in [0.25, 0.3) is 0 Å². The smallest absolute Gasteiger partial charge is 0.135 e. The van der Waals surface area contributed by atoms with Crippen molar-refractivity contribution in [2.24, 2.45) is 0 Å². The Hall–Kier alpha value is -0.870. The fraction of sp³-hybridized carbons (Fsp3) is 0.667. The summed E-state index contributed by atoms with van der Waals surface area (Å²) in [5.41, 5.74) is 0. The van der Waals surface area contributed by atoms with Gasteiger partial charge in [-0.05, 0) is 19.3 Å². The maximum atomic E-state index is 6.02. The molecule has 5 heteroatoms. The third kappa shape index (κ3) is 3.54. The van der Waals surface area contributed by atoms with E-state index in [0.29, 0.717) is 11.1 Å². The first-order valence-corrected chi connectivity index (χ1v) is 6.33. The van der Waals surface area contributed by atoms with Gasteiger partial charge < -0.3 is 9.64 Å². The highest BCUT2D eigenvalue weighted by molar-refractivity contribution is 6.29. The number of methoxy groups -OCH3 is 1.